The second kappa shape index (κ2) is 8.37. The fraction of sp³-hybridized carbons (Fsp3) is 0.190. The Hall–Kier alpha value is -3.04. The molecule has 0 bridgehead atoms. The SMILES string of the molecule is COc1cc(S(C)(=O)=O)cc(-c2cc(F)c(OC)c(F)c2)c1-c1cncc(CO)c1. The average molecular weight is 435 g/mol. The van der Waals surface area contributed by atoms with Gasteiger partial charge in [0, 0.05) is 29.8 Å². The lowest BCUT2D eigenvalue weighted by Gasteiger charge is -2.17. The largest absolute Gasteiger partial charge is 0.496 e. The predicted molar refractivity (Wildman–Crippen MR) is 107 cm³/mol. The summed E-state index contributed by atoms with van der Waals surface area (Å²) in [4.78, 5) is 3.99. The van der Waals surface area contributed by atoms with Gasteiger partial charge in [-0.05, 0) is 47.0 Å². The van der Waals surface area contributed by atoms with Crippen LogP contribution < -0.4 is 9.47 Å². The minimum atomic E-state index is -3.66. The Morgan fingerprint density at radius 1 is 0.967 bits per heavy atom. The number of hydrogen-bond acceptors (Lipinski definition) is 6. The van der Waals surface area contributed by atoms with Crippen LogP contribution in [0.4, 0.5) is 8.78 Å². The molecule has 0 saturated carbocycles. The highest BCUT2D eigenvalue weighted by Gasteiger charge is 2.22. The maximum absolute atomic E-state index is 14.4. The highest BCUT2D eigenvalue weighted by atomic mass is 32.2. The molecule has 1 N–H and O–H groups in total. The van der Waals surface area contributed by atoms with Gasteiger partial charge in [0.2, 0.25) is 0 Å². The van der Waals surface area contributed by atoms with Gasteiger partial charge >= 0.3 is 0 Å². The molecule has 0 spiro atoms. The van der Waals surface area contributed by atoms with Gasteiger partial charge in [-0.15, -0.1) is 0 Å². The summed E-state index contributed by atoms with van der Waals surface area (Å²) in [5.74, 6) is -2.26. The molecule has 1 aromatic heterocycles. The molecule has 0 saturated heterocycles. The van der Waals surface area contributed by atoms with Crippen LogP contribution in [0, 0.1) is 11.6 Å². The summed E-state index contributed by atoms with van der Waals surface area (Å²) in [7, 11) is -1.16. The molecule has 0 fully saturated rings. The van der Waals surface area contributed by atoms with E-state index in [1.807, 2.05) is 0 Å². The van der Waals surface area contributed by atoms with Gasteiger partial charge in [-0.1, -0.05) is 0 Å². The molecule has 0 aliphatic rings. The lowest BCUT2D eigenvalue weighted by atomic mass is 9.93. The van der Waals surface area contributed by atoms with Crippen molar-refractivity contribution >= 4 is 9.84 Å². The summed E-state index contributed by atoms with van der Waals surface area (Å²) in [6, 6.07) is 6.38. The smallest absolute Gasteiger partial charge is 0.190 e. The average Bonchev–Trinajstić information content (AvgIpc) is 2.71. The Labute approximate surface area is 172 Å². The Balaban J connectivity index is 2.42. The zero-order valence-corrected chi connectivity index (χ0v) is 17.3. The van der Waals surface area contributed by atoms with Crippen molar-refractivity contribution in [1.82, 2.24) is 4.98 Å². The third-order valence-electron chi connectivity index (χ3n) is 4.50. The van der Waals surface area contributed by atoms with Crippen molar-refractivity contribution in [2.24, 2.45) is 0 Å². The molecule has 0 amide bonds. The molecule has 3 aromatic rings. The van der Waals surface area contributed by atoms with E-state index in [2.05, 4.69) is 4.98 Å². The van der Waals surface area contributed by atoms with Gasteiger partial charge in [-0.2, -0.15) is 0 Å². The summed E-state index contributed by atoms with van der Waals surface area (Å²) in [5, 5.41) is 9.44. The van der Waals surface area contributed by atoms with E-state index in [0.29, 0.717) is 16.7 Å². The third kappa shape index (κ3) is 4.12. The van der Waals surface area contributed by atoms with Crippen LogP contribution in [0.5, 0.6) is 11.5 Å². The molecule has 0 aliphatic heterocycles. The van der Waals surface area contributed by atoms with Crippen molar-refractivity contribution in [1.29, 1.82) is 0 Å². The van der Waals surface area contributed by atoms with Gasteiger partial charge in [0.25, 0.3) is 0 Å². The van der Waals surface area contributed by atoms with E-state index in [1.165, 1.54) is 31.6 Å². The standard InChI is InChI=1S/C21H19F2NO5S/c1-28-19-8-15(30(3,26)27)7-16(13-5-17(22)21(29-2)18(23)6-13)20(19)14-4-12(11-25)9-24-10-14/h4-10,25H,11H2,1-3H3. The summed E-state index contributed by atoms with van der Waals surface area (Å²) in [5.41, 5.74) is 1.65. The summed E-state index contributed by atoms with van der Waals surface area (Å²) < 4.78 is 63.3. The molecule has 158 valence electrons. The molecule has 2 aromatic carbocycles. The number of pyridine rings is 1. The first-order valence-electron chi connectivity index (χ1n) is 8.70. The number of aliphatic hydroxyl groups excluding tert-OH is 1. The van der Waals surface area contributed by atoms with Gasteiger partial charge in [0.05, 0.1) is 25.7 Å². The summed E-state index contributed by atoms with van der Waals surface area (Å²) >= 11 is 0. The van der Waals surface area contributed by atoms with E-state index < -0.39 is 27.2 Å². The maximum atomic E-state index is 14.4. The van der Waals surface area contributed by atoms with Gasteiger partial charge in [-0.3, -0.25) is 4.98 Å². The third-order valence-corrected chi connectivity index (χ3v) is 5.60. The van der Waals surface area contributed by atoms with E-state index in [9.17, 15) is 22.3 Å². The number of aliphatic hydroxyl groups is 1. The van der Waals surface area contributed by atoms with E-state index in [0.717, 1.165) is 25.5 Å². The maximum Gasteiger partial charge on any atom is 0.190 e. The van der Waals surface area contributed by atoms with Gasteiger partial charge in [0.15, 0.2) is 27.2 Å². The zero-order valence-electron chi connectivity index (χ0n) is 16.4. The van der Waals surface area contributed by atoms with Gasteiger partial charge < -0.3 is 14.6 Å². The van der Waals surface area contributed by atoms with Crippen LogP contribution in [0.25, 0.3) is 22.3 Å². The number of halogens is 2. The fourth-order valence-corrected chi connectivity index (χ4v) is 3.76. The quantitative estimate of drug-likeness (QED) is 0.637. The molecular weight excluding hydrogens is 416 g/mol. The number of nitrogens with zero attached hydrogens (tertiary/aromatic N) is 1. The van der Waals surface area contributed by atoms with Crippen LogP contribution in [-0.4, -0.2) is 39.0 Å². The van der Waals surface area contributed by atoms with E-state index in [1.54, 1.807) is 6.07 Å². The molecular formula is C21H19F2NO5S. The highest BCUT2D eigenvalue weighted by molar-refractivity contribution is 7.90. The van der Waals surface area contributed by atoms with E-state index >= 15 is 0 Å². The lowest BCUT2D eigenvalue weighted by Crippen LogP contribution is -2.02. The number of hydrogen-bond donors (Lipinski definition) is 1. The van der Waals surface area contributed by atoms with Crippen molar-refractivity contribution < 1.29 is 31.8 Å². The normalized spacial score (nSPS) is 11.4. The Morgan fingerprint density at radius 3 is 2.17 bits per heavy atom. The molecule has 1 heterocycles. The Bertz CT molecular complexity index is 1190. The second-order valence-electron chi connectivity index (χ2n) is 6.53. The van der Waals surface area contributed by atoms with Crippen molar-refractivity contribution in [3.8, 4) is 33.8 Å². The number of aromatic nitrogens is 1. The number of rotatable bonds is 6. The first-order valence-corrected chi connectivity index (χ1v) is 10.6. The van der Waals surface area contributed by atoms with Gasteiger partial charge in [-0.25, -0.2) is 17.2 Å². The molecule has 30 heavy (non-hydrogen) atoms. The molecule has 0 radical (unpaired) electrons. The highest BCUT2D eigenvalue weighted by Crippen LogP contribution is 2.42. The summed E-state index contributed by atoms with van der Waals surface area (Å²) in [6.45, 7) is -0.272. The molecule has 0 aliphatic carbocycles. The van der Waals surface area contributed by atoms with Crippen molar-refractivity contribution in [3.05, 3.63) is 59.9 Å². The van der Waals surface area contributed by atoms with Crippen LogP contribution in [-0.2, 0) is 16.4 Å². The summed E-state index contributed by atoms with van der Waals surface area (Å²) in [6.07, 6.45) is 3.97. The number of methoxy groups -OCH3 is 2. The molecule has 6 nitrogen and oxygen atoms in total. The van der Waals surface area contributed by atoms with Crippen LogP contribution in [0.1, 0.15) is 5.56 Å². The number of ether oxygens (including phenoxy) is 2. The fourth-order valence-electron chi connectivity index (χ4n) is 3.11. The molecule has 3 rings (SSSR count). The topological polar surface area (TPSA) is 85.7 Å². The first-order chi connectivity index (χ1) is 14.2. The minimum Gasteiger partial charge on any atom is -0.496 e. The van der Waals surface area contributed by atoms with Crippen molar-refractivity contribution in [2.45, 2.75) is 11.5 Å². The van der Waals surface area contributed by atoms with Crippen LogP contribution in [0.3, 0.4) is 0 Å². The lowest BCUT2D eigenvalue weighted by molar-refractivity contribution is 0.281. The minimum absolute atomic E-state index is 0.0824. The predicted octanol–water partition coefficient (Wildman–Crippen LogP) is 3.61. The number of sulfone groups is 1. The van der Waals surface area contributed by atoms with Crippen LogP contribution in [0.2, 0.25) is 0 Å². The zero-order chi connectivity index (χ0) is 22.1. The van der Waals surface area contributed by atoms with Crippen molar-refractivity contribution in [2.75, 3.05) is 20.5 Å². The second-order valence-corrected chi connectivity index (χ2v) is 8.55. The van der Waals surface area contributed by atoms with E-state index in [-0.39, 0.29) is 28.4 Å². The van der Waals surface area contributed by atoms with Crippen LogP contribution in [0.15, 0.2) is 47.6 Å². The first kappa shape index (κ1) is 21.7. The molecule has 0 unspecified atom stereocenters. The molecule has 9 heteroatoms. The Kier molecular flexibility index (Phi) is 6.04. The monoisotopic (exact) mass is 435 g/mol. The van der Waals surface area contributed by atoms with E-state index in [4.69, 9.17) is 9.47 Å². The van der Waals surface area contributed by atoms with Gasteiger partial charge in [0.1, 0.15) is 5.75 Å². The molecule has 0 atom stereocenters. The number of benzene rings is 2. The van der Waals surface area contributed by atoms with Crippen LogP contribution >= 0.6 is 0 Å². The van der Waals surface area contributed by atoms with Crippen molar-refractivity contribution in [3.63, 3.8) is 0 Å². The Morgan fingerprint density at radius 2 is 1.63 bits per heavy atom.